The monoisotopic (exact) mass is 380 g/mol. The van der Waals surface area contributed by atoms with Crippen LogP contribution < -0.4 is 15.0 Å². The van der Waals surface area contributed by atoms with Gasteiger partial charge < -0.3 is 15.0 Å². The number of para-hydroxylation sites is 2. The third-order valence-electron chi connectivity index (χ3n) is 4.78. The molecular formula is C20H24N6O2. The van der Waals surface area contributed by atoms with Gasteiger partial charge in [-0.1, -0.05) is 12.1 Å². The summed E-state index contributed by atoms with van der Waals surface area (Å²) >= 11 is 0. The van der Waals surface area contributed by atoms with Crippen molar-refractivity contribution in [2.75, 3.05) is 29.9 Å². The number of carbonyl (C=O) groups is 1. The van der Waals surface area contributed by atoms with Gasteiger partial charge in [-0.3, -0.25) is 4.79 Å². The van der Waals surface area contributed by atoms with Gasteiger partial charge in [0.2, 0.25) is 5.91 Å². The predicted octanol–water partition coefficient (Wildman–Crippen LogP) is 2.69. The molecule has 0 atom stereocenters. The molecule has 8 nitrogen and oxygen atoms in total. The molecule has 1 aliphatic rings. The number of anilines is 2. The highest BCUT2D eigenvalue weighted by Gasteiger charge is 2.16. The highest BCUT2D eigenvalue weighted by molar-refractivity contribution is 5.92. The number of carbonyl (C=O) groups excluding carboxylic acids is 1. The molecule has 8 heteroatoms. The third kappa shape index (κ3) is 3.90. The van der Waals surface area contributed by atoms with Gasteiger partial charge in [-0.05, 0) is 44.0 Å². The molecule has 4 rings (SSSR count). The molecule has 1 aliphatic heterocycles. The minimum Gasteiger partial charge on any atom is -0.492 e. The minimum absolute atomic E-state index is 0.0976. The Bertz CT molecular complexity index is 964. The van der Waals surface area contributed by atoms with Gasteiger partial charge in [0.15, 0.2) is 11.5 Å². The van der Waals surface area contributed by atoms with Crippen molar-refractivity contribution >= 4 is 23.1 Å². The largest absolute Gasteiger partial charge is 0.492 e. The first-order valence-electron chi connectivity index (χ1n) is 9.72. The lowest BCUT2D eigenvalue weighted by Gasteiger charge is -2.15. The van der Waals surface area contributed by atoms with Crippen molar-refractivity contribution in [1.82, 2.24) is 19.8 Å². The van der Waals surface area contributed by atoms with Crippen LogP contribution in [0.5, 0.6) is 5.75 Å². The molecule has 28 heavy (non-hydrogen) atoms. The molecule has 3 aromatic rings. The summed E-state index contributed by atoms with van der Waals surface area (Å²) in [5.74, 6) is 2.19. The number of rotatable bonds is 7. The summed E-state index contributed by atoms with van der Waals surface area (Å²) in [6.07, 6.45) is 3.13. The van der Waals surface area contributed by atoms with Crippen LogP contribution in [0.4, 0.5) is 11.5 Å². The molecule has 0 radical (unpaired) electrons. The molecule has 1 aromatic carbocycles. The van der Waals surface area contributed by atoms with E-state index in [4.69, 9.17) is 4.74 Å². The van der Waals surface area contributed by atoms with E-state index in [-0.39, 0.29) is 12.3 Å². The van der Waals surface area contributed by atoms with Crippen LogP contribution in [0.3, 0.4) is 0 Å². The van der Waals surface area contributed by atoms with E-state index in [1.807, 2.05) is 43.3 Å². The van der Waals surface area contributed by atoms with Crippen molar-refractivity contribution in [3.63, 3.8) is 0 Å². The molecule has 1 N–H and O–H groups in total. The Morgan fingerprint density at radius 2 is 1.96 bits per heavy atom. The van der Waals surface area contributed by atoms with Crippen molar-refractivity contribution in [3.8, 4) is 5.75 Å². The summed E-state index contributed by atoms with van der Waals surface area (Å²) in [4.78, 5) is 14.7. The Kier molecular flexibility index (Phi) is 5.36. The molecule has 1 amide bonds. The summed E-state index contributed by atoms with van der Waals surface area (Å²) in [5, 5.41) is 16.0. The molecule has 0 aliphatic carbocycles. The zero-order chi connectivity index (χ0) is 19.3. The maximum absolute atomic E-state index is 12.4. The summed E-state index contributed by atoms with van der Waals surface area (Å²) in [7, 11) is 0. The number of nitrogens with zero attached hydrogens (tertiary/aromatic N) is 5. The van der Waals surface area contributed by atoms with Crippen LogP contribution in [0.2, 0.25) is 0 Å². The number of aromatic nitrogens is 4. The predicted molar refractivity (Wildman–Crippen MR) is 107 cm³/mol. The van der Waals surface area contributed by atoms with Gasteiger partial charge in [0.05, 0.1) is 12.3 Å². The quantitative estimate of drug-likeness (QED) is 0.678. The van der Waals surface area contributed by atoms with Crippen molar-refractivity contribution in [1.29, 1.82) is 0 Å². The second-order valence-corrected chi connectivity index (χ2v) is 6.75. The third-order valence-corrected chi connectivity index (χ3v) is 4.78. The van der Waals surface area contributed by atoms with Crippen LogP contribution in [0.1, 0.15) is 32.0 Å². The molecule has 0 bridgehead atoms. The van der Waals surface area contributed by atoms with E-state index in [1.165, 1.54) is 12.8 Å². The average Bonchev–Trinajstić information content (AvgIpc) is 3.38. The van der Waals surface area contributed by atoms with E-state index < -0.39 is 0 Å². The Hall–Kier alpha value is -3.16. The summed E-state index contributed by atoms with van der Waals surface area (Å²) in [6.45, 7) is 4.51. The topological polar surface area (TPSA) is 84.6 Å². The van der Waals surface area contributed by atoms with Crippen LogP contribution in [0.15, 0.2) is 36.4 Å². The van der Waals surface area contributed by atoms with Gasteiger partial charge in [-0.2, -0.15) is 4.52 Å². The normalized spacial score (nSPS) is 13.8. The number of nitrogens with one attached hydrogen (secondary N) is 1. The Morgan fingerprint density at radius 3 is 2.79 bits per heavy atom. The number of amides is 1. The molecule has 1 saturated heterocycles. The van der Waals surface area contributed by atoms with Crippen molar-refractivity contribution in [2.45, 2.75) is 32.6 Å². The second-order valence-electron chi connectivity index (χ2n) is 6.75. The van der Waals surface area contributed by atoms with Crippen LogP contribution >= 0.6 is 0 Å². The van der Waals surface area contributed by atoms with Crippen LogP contribution in [0, 0.1) is 0 Å². The summed E-state index contributed by atoms with van der Waals surface area (Å²) < 4.78 is 7.30. The van der Waals surface area contributed by atoms with Crippen molar-refractivity contribution in [2.24, 2.45) is 0 Å². The SMILES string of the molecule is CCOc1ccccc1NC(=O)CCc1nnc2ccc(N3CCCC3)nn12. The molecule has 3 heterocycles. The van der Waals surface area contributed by atoms with Gasteiger partial charge in [0.1, 0.15) is 11.6 Å². The first kappa shape index (κ1) is 18.2. The fourth-order valence-corrected chi connectivity index (χ4v) is 3.38. The fraction of sp³-hybridized carbons (Fsp3) is 0.400. The Labute approximate surface area is 163 Å². The van der Waals surface area contributed by atoms with Gasteiger partial charge in [0, 0.05) is 25.9 Å². The maximum Gasteiger partial charge on any atom is 0.224 e. The zero-order valence-corrected chi connectivity index (χ0v) is 16.0. The van der Waals surface area contributed by atoms with E-state index in [1.54, 1.807) is 4.52 Å². The Morgan fingerprint density at radius 1 is 1.14 bits per heavy atom. The first-order valence-corrected chi connectivity index (χ1v) is 9.72. The zero-order valence-electron chi connectivity index (χ0n) is 16.0. The molecule has 1 fully saturated rings. The van der Waals surface area contributed by atoms with Crippen LogP contribution in [-0.4, -0.2) is 45.4 Å². The lowest BCUT2D eigenvalue weighted by molar-refractivity contribution is -0.116. The molecule has 2 aromatic heterocycles. The van der Waals surface area contributed by atoms with Gasteiger partial charge in [-0.15, -0.1) is 15.3 Å². The van der Waals surface area contributed by atoms with E-state index in [0.717, 1.165) is 18.9 Å². The first-order chi connectivity index (χ1) is 13.7. The number of benzene rings is 1. The molecule has 146 valence electrons. The van der Waals surface area contributed by atoms with Crippen molar-refractivity contribution < 1.29 is 9.53 Å². The van der Waals surface area contributed by atoms with E-state index >= 15 is 0 Å². The van der Waals surface area contributed by atoms with E-state index in [2.05, 4.69) is 25.5 Å². The molecule has 0 spiro atoms. The highest BCUT2D eigenvalue weighted by atomic mass is 16.5. The van der Waals surface area contributed by atoms with E-state index in [9.17, 15) is 4.79 Å². The van der Waals surface area contributed by atoms with Crippen LogP contribution in [0.25, 0.3) is 5.65 Å². The standard InChI is InChI=1S/C20H24N6O2/c1-2-28-16-8-4-3-7-15(16)21-20(27)12-11-18-23-22-17-9-10-19(24-26(17)18)25-13-5-6-14-25/h3-4,7-10H,2,5-6,11-14H2,1H3,(H,21,27). The number of fused-ring (bicyclic) bond motifs is 1. The highest BCUT2D eigenvalue weighted by Crippen LogP contribution is 2.24. The lowest BCUT2D eigenvalue weighted by Crippen LogP contribution is -2.20. The van der Waals surface area contributed by atoms with E-state index in [0.29, 0.717) is 35.9 Å². The number of ether oxygens (including phenoxy) is 1. The van der Waals surface area contributed by atoms with Gasteiger partial charge >= 0.3 is 0 Å². The molecule has 0 unspecified atom stereocenters. The number of hydrogen-bond acceptors (Lipinski definition) is 6. The van der Waals surface area contributed by atoms with Gasteiger partial charge in [0.25, 0.3) is 0 Å². The minimum atomic E-state index is -0.0976. The average molecular weight is 380 g/mol. The lowest BCUT2D eigenvalue weighted by atomic mass is 10.2. The second kappa shape index (κ2) is 8.24. The van der Waals surface area contributed by atoms with Gasteiger partial charge in [-0.25, -0.2) is 0 Å². The number of aryl methyl sites for hydroxylation is 1. The maximum atomic E-state index is 12.4. The fourth-order valence-electron chi connectivity index (χ4n) is 3.38. The molecule has 0 saturated carbocycles. The summed E-state index contributed by atoms with van der Waals surface area (Å²) in [6, 6.07) is 11.3. The summed E-state index contributed by atoms with van der Waals surface area (Å²) in [5.41, 5.74) is 1.37. The van der Waals surface area contributed by atoms with Crippen molar-refractivity contribution in [3.05, 3.63) is 42.2 Å². The number of hydrogen-bond donors (Lipinski definition) is 1. The van der Waals surface area contributed by atoms with Crippen LogP contribution in [-0.2, 0) is 11.2 Å². The smallest absolute Gasteiger partial charge is 0.224 e. The molecular weight excluding hydrogens is 356 g/mol. The Balaban J connectivity index is 1.43.